The lowest BCUT2D eigenvalue weighted by atomic mass is 9.91. The summed E-state index contributed by atoms with van der Waals surface area (Å²) in [4.78, 5) is 4.58. The van der Waals surface area contributed by atoms with Crippen molar-refractivity contribution in [2.75, 3.05) is 13.1 Å². The third-order valence-corrected chi connectivity index (χ3v) is 7.73. The summed E-state index contributed by atoms with van der Waals surface area (Å²) in [5.41, 5.74) is 2.89. The number of rotatable bonds is 3. The molecule has 0 aromatic carbocycles. The number of nitrogens with zero attached hydrogens (tertiary/aromatic N) is 6. The van der Waals surface area contributed by atoms with Crippen LogP contribution in [0.5, 0.6) is 0 Å². The Morgan fingerprint density at radius 2 is 1.89 bits per heavy atom. The van der Waals surface area contributed by atoms with Crippen LogP contribution in [0.4, 0.5) is 0 Å². The van der Waals surface area contributed by atoms with Gasteiger partial charge in [0.15, 0.2) is 5.65 Å². The van der Waals surface area contributed by atoms with Gasteiger partial charge in [-0.15, -0.1) is 0 Å². The number of piperidine rings is 1. The fraction of sp³-hybridized carbons (Fsp3) is 0.500. The lowest BCUT2D eigenvalue weighted by Crippen LogP contribution is -2.38. The number of aryl methyl sites for hydroxylation is 1. The van der Waals surface area contributed by atoms with Crippen molar-refractivity contribution in [3.05, 3.63) is 42.1 Å². The Bertz CT molecular complexity index is 1080. The summed E-state index contributed by atoms with van der Waals surface area (Å²) < 4.78 is 31.6. The fourth-order valence-electron chi connectivity index (χ4n) is 4.25. The van der Waals surface area contributed by atoms with Crippen molar-refractivity contribution < 1.29 is 8.42 Å². The molecule has 2 aliphatic heterocycles. The number of fused-ring (bicyclic) bond motifs is 2. The number of hydrogen-bond acceptors (Lipinski definition) is 5. The van der Waals surface area contributed by atoms with Crippen LogP contribution < -0.4 is 0 Å². The van der Waals surface area contributed by atoms with E-state index >= 15 is 0 Å². The van der Waals surface area contributed by atoms with Crippen LogP contribution in [0.15, 0.2) is 35.7 Å². The predicted octanol–water partition coefficient (Wildman–Crippen LogP) is 1.83. The van der Waals surface area contributed by atoms with Gasteiger partial charge in [0.05, 0.1) is 11.9 Å². The van der Waals surface area contributed by atoms with Crippen LogP contribution in [0.1, 0.15) is 42.9 Å². The first-order valence-electron chi connectivity index (χ1n) is 9.47. The van der Waals surface area contributed by atoms with Crippen LogP contribution in [-0.4, -0.2) is 50.2 Å². The molecule has 5 heterocycles. The second-order valence-corrected chi connectivity index (χ2v) is 9.25. The third-order valence-electron chi connectivity index (χ3n) is 5.78. The molecule has 0 spiro atoms. The maximum atomic E-state index is 13.2. The van der Waals surface area contributed by atoms with Gasteiger partial charge < -0.3 is 0 Å². The van der Waals surface area contributed by atoms with Crippen LogP contribution in [0.3, 0.4) is 0 Å². The van der Waals surface area contributed by atoms with Gasteiger partial charge in [-0.3, -0.25) is 4.68 Å². The van der Waals surface area contributed by atoms with Gasteiger partial charge in [0, 0.05) is 25.8 Å². The molecule has 0 saturated carbocycles. The Balaban J connectivity index is 1.34. The topological polar surface area (TPSA) is 85.4 Å². The summed E-state index contributed by atoms with van der Waals surface area (Å²) in [6, 6.07) is 4.04. The van der Waals surface area contributed by atoms with Gasteiger partial charge in [0.1, 0.15) is 11.2 Å². The van der Waals surface area contributed by atoms with E-state index in [4.69, 9.17) is 0 Å². The van der Waals surface area contributed by atoms with E-state index in [2.05, 4.69) is 21.2 Å². The van der Waals surface area contributed by atoms with E-state index in [1.165, 1.54) is 5.56 Å². The zero-order valence-corrected chi connectivity index (χ0v) is 15.8. The Morgan fingerprint density at radius 1 is 1.04 bits per heavy atom. The quantitative estimate of drug-likeness (QED) is 0.686. The number of aromatic nitrogens is 5. The molecule has 142 valence electrons. The van der Waals surface area contributed by atoms with E-state index in [1.807, 2.05) is 16.9 Å². The average Bonchev–Trinajstić information content (AvgIpc) is 3.34. The van der Waals surface area contributed by atoms with Gasteiger partial charge in [-0.25, -0.2) is 17.9 Å². The van der Waals surface area contributed by atoms with E-state index in [9.17, 15) is 8.42 Å². The standard InChI is InChI=1S/C18H22N6O2S/c25-27(26,17-11-20-23-8-2-1-3-16(17)23)22-9-6-14(7-10-22)15-4-5-18-19-13-21-24(18)12-15/h4-5,11-14H,1-3,6-10H2. The molecule has 3 aromatic rings. The van der Waals surface area contributed by atoms with Gasteiger partial charge in [0.2, 0.25) is 10.0 Å². The molecule has 0 atom stereocenters. The molecule has 5 rings (SSSR count). The van der Waals surface area contributed by atoms with Crippen molar-refractivity contribution in [2.24, 2.45) is 0 Å². The minimum absolute atomic E-state index is 0.339. The zero-order valence-electron chi connectivity index (χ0n) is 15.0. The van der Waals surface area contributed by atoms with Crippen LogP contribution >= 0.6 is 0 Å². The second-order valence-electron chi connectivity index (χ2n) is 7.34. The molecule has 2 aliphatic rings. The van der Waals surface area contributed by atoms with E-state index in [0.29, 0.717) is 23.9 Å². The second kappa shape index (κ2) is 6.42. The first-order chi connectivity index (χ1) is 13.1. The van der Waals surface area contributed by atoms with Gasteiger partial charge in [-0.05, 0) is 49.7 Å². The monoisotopic (exact) mass is 386 g/mol. The van der Waals surface area contributed by atoms with E-state index in [1.54, 1.807) is 21.3 Å². The molecule has 0 radical (unpaired) electrons. The molecule has 27 heavy (non-hydrogen) atoms. The van der Waals surface area contributed by atoms with Gasteiger partial charge in [0.25, 0.3) is 0 Å². The highest BCUT2D eigenvalue weighted by atomic mass is 32.2. The van der Waals surface area contributed by atoms with E-state index < -0.39 is 10.0 Å². The minimum atomic E-state index is -3.47. The SMILES string of the molecule is O=S(=O)(c1cnn2c1CCCC2)N1CCC(c2ccc3ncnn3c2)CC1. The summed E-state index contributed by atoms with van der Waals surface area (Å²) in [5.74, 6) is 0.339. The van der Waals surface area contributed by atoms with Crippen LogP contribution in [0.25, 0.3) is 5.65 Å². The Labute approximate surface area is 157 Å². The largest absolute Gasteiger partial charge is 0.268 e. The molecule has 8 nitrogen and oxygen atoms in total. The average molecular weight is 386 g/mol. The lowest BCUT2D eigenvalue weighted by molar-refractivity contribution is 0.318. The molecule has 0 N–H and O–H groups in total. The molecular formula is C18H22N6O2S. The number of pyridine rings is 1. The van der Waals surface area contributed by atoms with Crippen molar-refractivity contribution in [3.63, 3.8) is 0 Å². The summed E-state index contributed by atoms with van der Waals surface area (Å²) in [5, 5.41) is 8.49. The smallest absolute Gasteiger partial charge is 0.246 e. The van der Waals surface area contributed by atoms with Crippen LogP contribution in [0, 0.1) is 0 Å². The molecular weight excluding hydrogens is 364 g/mol. The third kappa shape index (κ3) is 2.85. The van der Waals surface area contributed by atoms with Crippen molar-refractivity contribution in [1.29, 1.82) is 0 Å². The summed E-state index contributed by atoms with van der Waals surface area (Å²) in [6.45, 7) is 1.89. The maximum Gasteiger partial charge on any atom is 0.246 e. The fourth-order valence-corrected chi connectivity index (χ4v) is 5.91. The van der Waals surface area contributed by atoms with Crippen molar-refractivity contribution in [3.8, 4) is 0 Å². The van der Waals surface area contributed by atoms with Crippen molar-refractivity contribution >= 4 is 15.7 Å². The van der Waals surface area contributed by atoms with Crippen LogP contribution in [-0.2, 0) is 23.0 Å². The number of sulfonamides is 1. The van der Waals surface area contributed by atoms with Gasteiger partial charge in [-0.2, -0.15) is 14.5 Å². The molecule has 0 bridgehead atoms. The zero-order chi connectivity index (χ0) is 18.4. The minimum Gasteiger partial charge on any atom is -0.268 e. The number of hydrogen-bond donors (Lipinski definition) is 0. The highest BCUT2D eigenvalue weighted by molar-refractivity contribution is 7.89. The summed E-state index contributed by atoms with van der Waals surface area (Å²) in [6.07, 6.45) is 9.60. The first kappa shape index (κ1) is 16.9. The predicted molar refractivity (Wildman–Crippen MR) is 98.9 cm³/mol. The van der Waals surface area contributed by atoms with Gasteiger partial charge in [-0.1, -0.05) is 6.07 Å². The van der Waals surface area contributed by atoms with E-state index in [0.717, 1.165) is 50.0 Å². The molecule has 0 amide bonds. The van der Waals surface area contributed by atoms with Crippen molar-refractivity contribution in [2.45, 2.75) is 49.5 Å². The highest BCUT2D eigenvalue weighted by Crippen LogP contribution is 2.32. The normalized spacial score (nSPS) is 19.4. The van der Waals surface area contributed by atoms with Crippen molar-refractivity contribution in [1.82, 2.24) is 28.7 Å². The van der Waals surface area contributed by atoms with Crippen LogP contribution in [0.2, 0.25) is 0 Å². The van der Waals surface area contributed by atoms with Gasteiger partial charge >= 0.3 is 0 Å². The molecule has 9 heteroatoms. The molecule has 0 aliphatic carbocycles. The van der Waals surface area contributed by atoms with E-state index in [-0.39, 0.29) is 0 Å². The molecule has 0 unspecified atom stereocenters. The lowest BCUT2D eigenvalue weighted by Gasteiger charge is -2.31. The molecule has 1 fully saturated rings. The summed E-state index contributed by atoms with van der Waals surface area (Å²) >= 11 is 0. The Kier molecular flexibility index (Phi) is 4.01. The maximum absolute atomic E-state index is 13.2. The summed E-state index contributed by atoms with van der Waals surface area (Å²) in [7, 11) is -3.47. The Morgan fingerprint density at radius 3 is 2.74 bits per heavy atom. The Hall–Kier alpha value is -2.26. The molecule has 3 aromatic heterocycles. The molecule has 1 saturated heterocycles. The highest BCUT2D eigenvalue weighted by Gasteiger charge is 2.33. The first-order valence-corrected chi connectivity index (χ1v) is 10.9.